The summed E-state index contributed by atoms with van der Waals surface area (Å²) in [6, 6.07) is 13.8. The summed E-state index contributed by atoms with van der Waals surface area (Å²) in [7, 11) is 0. The molecule has 0 heterocycles. The third kappa shape index (κ3) is 7.34. The van der Waals surface area contributed by atoms with Gasteiger partial charge in [-0.2, -0.15) is 13.2 Å². The molecule has 40 heavy (non-hydrogen) atoms. The molecule has 0 aliphatic heterocycles. The predicted octanol–water partition coefficient (Wildman–Crippen LogP) is 9.00. The highest BCUT2D eigenvalue weighted by Crippen LogP contribution is 2.41. The number of hydrogen-bond donors (Lipinski definition) is 2. The molecule has 1 unspecified atom stereocenters. The van der Waals surface area contributed by atoms with Crippen molar-refractivity contribution in [2.24, 2.45) is 0 Å². The van der Waals surface area contributed by atoms with Crippen molar-refractivity contribution in [3.05, 3.63) is 107 Å². The molecule has 0 bridgehead atoms. The molecule has 1 atom stereocenters. The third-order valence-corrected chi connectivity index (χ3v) is 8.40. The summed E-state index contributed by atoms with van der Waals surface area (Å²) >= 11 is 27.1. The number of alkyl halides is 3. The van der Waals surface area contributed by atoms with Crippen molar-refractivity contribution >= 4 is 80.2 Å². The molecule has 0 aromatic heterocycles. The number of carbonyl (C=O) groups excluding carboxylic acids is 2. The van der Waals surface area contributed by atoms with Crippen molar-refractivity contribution in [2.45, 2.75) is 37.0 Å². The fourth-order valence-electron chi connectivity index (χ4n) is 4.01. The van der Waals surface area contributed by atoms with E-state index in [0.29, 0.717) is 27.9 Å². The third-order valence-electron chi connectivity index (χ3n) is 6.32. The molecule has 2 amide bonds. The maximum absolute atomic E-state index is 13.8. The Morgan fingerprint density at radius 2 is 1.68 bits per heavy atom. The van der Waals surface area contributed by atoms with E-state index in [2.05, 4.69) is 26.6 Å². The molecule has 1 saturated carbocycles. The molecule has 4 rings (SSSR count). The van der Waals surface area contributed by atoms with Crippen molar-refractivity contribution in [1.82, 2.24) is 10.6 Å². The van der Waals surface area contributed by atoms with E-state index < -0.39 is 23.5 Å². The zero-order valence-corrected chi connectivity index (χ0v) is 25.0. The minimum absolute atomic E-state index is 0.0265. The Hall–Kier alpha value is -2.23. The van der Waals surface area contributed by atoms with Crippen LogP contribution in [0.1, 0.15) is 45.8 Å². The summed E-state index contributed by atoms with van der Waals surface area (Å²) in [5.74, 6) is -2.80. The number of benzene rings is 3. The lowest BCUT2D eigenvalue weighted by Crippen LogP contribution is -2.48. The Balaban J connectivity index is 1.45. The van der Waals surface area contributed by atoms with Crippen LogP contribution in [0.5, 0.6) is 0 Å². The Labute approximate surface area is 256 Å². The lowest BCUT2D eigenvalue weighted by molar-refractivity contribution is -0.139. The van der Waals surface area contributed by atoms with Gasteiger partial charge in [0.25, 0.3) is 5.91 Å². The predicted molar refractivity (Wildman–Crippen MR) is 156 cm³/mol. The highest BCUT2D eigenvalue weighted by Gasteiger charge is 2.51. The largest absolute Gasteiger partial charge is 0.399 e. The Bertz CT molecular complexity index is 1470. The van der Waals surface area contributed by atoms with Crippen LogP contribution < -0.4 is 10.6 Å². The van der Waals surface area contributed by atoms with Crippen molar-refractivity contribution < 1.29 is 22.8 Å². The summed E-state index contributed by atoms with van der Waals surface area (Å²) < 4.78 is 41.9. The highest BCUT2D eigenvalue weighted by atomic mass is 79.9. The van der Waals surface area contributed by atoms with Crippen LogP contribution in [0, 0.1) is 0 Å². The molecule has 0 radical (unpaired) electrons. The first-order chi connectivity index (χ1) is 18.8. The molecule has 1 fully saturated rings. The standard InChI is InChI=1S/C28H20BrCl4F3N2O2/c29-21-11-15(5-7-20(28(34,35)36)17-12-22(31)24(33)23(32)13-17)4-6-19(21)25(39)38-27(8-9-27)26(40)37-14-16-2-1-3-18(30)10-16/h1-7,10-13,20H,8-9,14H2,(H,37,40)(H,38,39)/b7-5+. The molecule has 1 aliphatic carbocycles. The Morgan fingerprint density at radius 3 is 2.25 bits per heavy atom. The maximum atomic E-state index is 13.8. The van der Waals surface area contributed by atoms with Gasteiger partial charge in [-0.05, 0) is 81.9 Å². The van der Waals surface area contributed by atoms with E-state index in [1.807, 2.05) is 6.07 Å². The fraction of sp³-hybridized carbons (Fsp3) is 0.214. The fourth-order valence-corrected chi connectivity index (χ4v) is 5.41. The summed E-state index contributed by atoms with van der Waals surface area (Å²) in [6.07, 6.45) is -1.40. The van der Waals surface area contributed by atoms with E-state index in [9.17, 15) is 22.8 Å². The normalized spacial score (nSPS) is 15.1. The van der Waals surface area contributed by atoms with Crippen LogP contribution >= 0.6 is 62.3 Å². The van der Waals surface area contributed by atoms with Crippen molar-refractivity contribution in [1.29, 1.82) is 0 Å². The highest BCUT2D eigenvalue weighted by molar-refractivity contribution is 9.10. The van der Waals surface area contributed by atoms with Gasteiger partial charge in [-0.25, -0.2) is 0 Å². The van der Waals surface area contributed by atoms with E-state index in [0.717, 1.165) is 23.8 Å². The second-order valence-electron chi connectivity index (χ2n) is 9.27. The molecule has 0 spiro atoms. The second-order valence-corrected chi connectivity index (χ2v) is 11.7. The minimum Gasteiger partial charge on any atom is -0.350 e. The van der Waals surface area contributed by atoms with Gasteiger partial charge in [-0.15, -0.1) is 0 Å². The zero-order chi connectivity index (χ0) is 29.2. The van der Waals surface area contributed by atoms with Crippen LogP contribution in [0.25, 0.3) is 6.08 Å². The van der Waals surface area contributed by atoms with Crippen LogP contribution in [0.15, 0.2) is 65.1 Å². The van der Waals surface area contributed by atoms with Gasteiger partial charge in [0.1, 0.15) is 5.54 Å². The zero-order valence-electron chi connectivity index (χ0n) is 20.4. The number of allylic oxidation sites excluding steroid dienone is 1. The molecule has 2 N–H and O–H groups in total. The van der Waals surface area contributed by atoms with Crippen molar-refractivity contribution in [3.8, 4) is 0 Å². The first-order valence-electron chi connectivity index (χ1n) is 11.8. The lowest BCUT2D eigenvalue weighted by Gasteiger charge is -2.19. The van der Waals surface area contributed by atoms with Crippen LogP contribution in [0.4, 0.5) is 13.2 Å². The average molecular weight is 695 g/mol. The number of hydrogen-bond acceptors (Lipinski definition) is 2. The maximum Gasteiger partial charge on any atom is 0.399 e. The lowest BCUT2D eigenvalue weighted by atomic mass is 9.97. The van der Waals surface area contributed by atoms with Gasteiger partial charge in [0.15, 0.2) is 0 Å². The number of rotatable bonds is 8. The van der Waals surface area contributed by atoms with Gasteiger partial charge in [0.05, 0.1) is 26.5 Å². The average Bonchev–Trinajstić information content (AvgIpc) is 3.65. The van der Waals surface area contributed by atoms with Gasteiger partial charge in [-0.3, -0.25) is 9.59 Å². The number of halogens is 8. The van der Waals surface area contributed by atoms with Crippen LogP contribution in [0.2, 0.25) is 20.1 Å². The Morgan fingerprint density at radius 1 is 1.00 bits per heavy atom. The molecule has 210 valence electrons. The second kappa shape index (κ2) is 12.3. The van der Waals surface area contributed by atoms with Gasteiger partial charge < -0.3 is 10.6 Å². The molecular weight excluding hydrogens is 675 g/mol. The van der Waals surface area contributed by atoms with Gasteiger partial charge in [-0.1, -0.05) is 76.8 Å². The molecule has 1 aliphatic rings. The van der Waals surface area contributed by atoms with E-state index in [4.69, 9.17) is 46.4 Å². The topological polar surface area (TPSA) is 58.2 Å². The molecule has 3 aromatic rings. The van der Waals surface area contributed by atoms with E-state index >= 15 is 0 Å². The molecule has 3 aromatic carbocycles. The SMILES string of the molecule is O=C(NC1(C(=O)NCc2cccc(Cl)c2)CC1)c1ccc(/C=C/C(c2cc(Cl)c(Cl)c(Cl)c2)C(F)(F)F)cc1Br. The van der Waals surface area contributed by atoms with Crippen LogP contribution in [-0.4, -0.2) is 23.5 Å². The van der Waals surface area contributed by atoms with Gasteiger partial charge in [0.2, 0.25) is 5.91 Å². The van der Waals surface area contributed by atoms with Crippen LogP contribution in [-0.2, 0) is 11.3 Å². The Kier molecular flexibility index (Phi) is 9.47. The molecule has 0 saturated heterocycles. The summed E-state index contributed by atoms with van der Waals surface area (Å²) in [5, 5.41) is 5.97. The van der Waals surface area contributed by atoms with E-state index in [1.54, 1.807) is 18.2 Å². The summed E-state index contributed by atoms with van der Waals surface area (Å²) in [4.78, 5) is 25.8. The number of nitrogens with one attached hydrogen (secondary N) is 2. The number of carbonyl (C=O) groups is 2. The monoisotopic (exact) mass is 692 g/mol. The van der Waals surface area contributed by atoms with Gasteiger partial charge in [0, 0.05) is 16.0 Å². The molecule has 4 nitrogen and oxygen atoms in total. The summed E-state index contributed by atoms with van der Waals surface area (Å²) in [6.45, 7) is 0.259. The van der Waals surface area contributed by atoms with E-state index in [1.165, 1.54) is 24.3 Å². The molecule has 12 heteroatoms. The van der Waals surface area contributed by atoms with E-state index in [-0.39, 0.29) is 38.6 Å². The van der Waals surface area contributed by atoms with Crippen molar-refractivity contribution in [2.75, 3.05) is 0 Å². The van der Waals surface area contributed by atoms with Gasteiger partial charge >= 0.3 is 6.18 Å². The minimum atomic E-state index is -4.63. The van der Waals surface area contributed by atoms with Crippen LogP contribution in [0.3, 0.4) is 0 Å². The molecular formula is C28H20BrCl4F3N2O2. The summed E-state index contributed by atoms with van der Waals surface area (Å²) in [5.41, 5.74) is 0.277. The number of amides is 2. The first kappa shape index (κ1) is 30.7. The smallest absolute Gasteiger partial charge is 0.350 e. The van der Waals surface area contributed by atoms with Crippen molar-refractivity contribution in [3.63, 3.8) is 0 Å². The first-order valence-corrected chi connectivity index (χ1v) is 14.1. The quantitative estimate of drug-likeness (QED) is 0.231.